The van der Waals surface area contributed by atoms with Gasteiger partial charge in [0, 0.05) is 12.4 Å². The average molecular weight is 241 g/mol. The van der Waals surface area contributed by atoms with Crippen LogP contribution in [0.2, 0.25) is 0 Å². The van der Waals surface area contributed by atoms with E-state index >= 15 is 0 Å². The lowest BCUT2D eigenvalue weighted by atomic mass is 9.81. The highest BCUT2D eigenvalue weighted by atomic mass is 16.4. The Labute approximate surface area is 106 Å². The molecule has 0 amide bonds. The molecule has 0 aliphatic carbocycles. The predicted molar refractivity (Wildman–Crippen MR) is 70.3 cm³/mol. The van der Waals surface area contributed by atoms with Crippen LogP contribution in [-0.4, -0.2) is 16.1 Å². The number of hydrogen-bond donors (Lipinski definition) is 1. The molecule has 0 aliphatic rings. The Hall–Kier alpha value is -2.16. The van der Waals surface area contributed by atoms with Crippen LogP contribution < -0.4 is 0 Å². The highest BCUT2D eigenvalue weighted by Crippen LogP contribution is 2.32. The van der Waals surface area contributed by atoms with Crippen LogP contribution in [-0.2, 0) is 10.2 Å². The summed E-state index contributed by atoms with van der Waals surface area (Å²) in [5, 5.41) is 9.34. The van der Waals surface area contributed by atoms with Gasteiger partial charge >= 0.3 is 5.97 Å². The van der Waals surface area contributed by atoms with E-state index in [0.717, 1.165) is 16.7 Å². The summed E-state index contributed by atoms with van der Waals surface area (Å²) in [5.41, 5.74) is 1.69. The summed E-state index contributed by atoms with van der Waals surface area (Å²) >= 11 is 0. The van der Waals surface area contributed by atoms with Crippen molar-refractivity contribution in [1.82, 2.24) is 4.98 Å². The molecule has 18 heavy (non-hydrogen) atoms. The van der Waals surface area contributed by atoms with E-state index in [9.17, 15) is 9.90 Å². The monoisotopic (exact) mass is 241 g/mol. The first-order valence-corrected chi connectivity index (χ1v) is 5.77. The Kier molecular flexibility index (Phi) is 3.15. The molecule has 0 aliphatic heterocycles. The summed E-state index contributed by atoms with van der Waals surface area (Å²) in [7, 11) is 0. The molecule has 1 aromatic carbocycles. The molecule has 1 N–H and O–H groups in total. The van der Waals surface area contributed by atoms with Gasteiger partial charge in [0.25, 0.3) is 0 Å². The van der Waals surface area contributed by atoms with Crippen molar-refractivity contribution in [3.63, 3.8) is 0 Å². The molecule has 0 spiro atoms. The van der Waals surface area contributed by atoms with E-state index in [1.165, 1.54) is 0 Å². The highest BCUT2D eigenvalue weighted by Gasteiger charge is 2.32. The number of carboxylic acids is 1. The maximum Gasteiger partial charge on any atom is 0.313 e. The number of aromatic nitrogens is 1. The van der Waals surface area contributed by atoms with Crippen molar-refractivity contribution >= 4 is 5.97 Å². The Balaban J connectivity index is 2.61. The van der Waals surface area contributed by atoms with Crippen LogP contribution in [0.15, 0.2) is 48.8 Å². The van der Waals surface area contributed by atoms with E-state index in [1.807, 2.05) is 36.4 Å². The molecule has 0 unspecified atom stereocenters. The Bertz CT molecular complexity index is 562. The van der Waals surface area contributed by atoms with Crippen molar-refractivity contribution in [3.8, 4) is 11.1 Å². The summed E-state index contributed by atoms with van der Waals surface area (Å²) < 4.78 is 0. The molecular formula is C15H15NO2. The van der Waals surface area contributed by atoms with E-state index in [4.69, 9.17) is 0 Å². The van der Waals surface area contributed by atoms with Gasteiger partial charge in [0.05, 0.1) is 5.41 Å². The fraction of sp³-hybridized carbons (Fsp3) is 0.200. The predicted octanol–water partition coefficient (Wildman–Crippen LogP) is 3.11. The van der Waals surface area contributed by atoms with E-state index < -0.39 is 11.4 Å². The number of carbonyl (C=O) groups is 1. The van der Waals surface area contributed by atoms with Crippen LogP contribution in [0.4, 0.5) is 0 Å². The molecule has 0 atom stereocenters. The van der Waals surface area contributed by atoms with Crippen molar-refractivity contribution in [1.29, 1.82) is 0 Å². The van der Waals surface area contributed by atoms with Crippen molar-refractivity contribution in [2.24, 2.45) is 0 Å². The molecule has 3 heteroatoms. The van der Waals surface area contributed by atoms with Gasteiger partial charge in [-0.15, -0.1) is 0 Å². The minimum atomic E-state index is -0.959. The van der Waals surface area contributed by atoms with Crippen molar-refractivity contribution in [2.45, 2.75) is 19.3 Å². The molecule has 0 saturated carbocycles. The van der Waals surface area contributed by atoms with Crippen molar-refractivity contribution in [2.75, 3.05) is 0 Å². The molecule has 1 aromatic heterocycles. The van der Waals surface area contributed by atoms with E-state index in [2.05, 4.69) is 4.98 Å². The molecule has 2 aromatic rings. The first-order valence-electron chi connectivity index (χ1n) is 5.77. The van der Waals surface area contributed by atoms with Gasteiger partial charge in [-0.1, -0.05) is 30.3 Å². The number of rotatable bonds is 3. The average Bonchev–Trinajstić information content (AvgIpc) is 2.39. The number of nitrogens with zero attached hydrogens (tertiary/aromatic N) is 1. The Morgan fingerprint density at radius 3 is 2.44 bits per heavy atom. The van der Waals surface area contributed by atoms with Gasteiger partial charge in [0.2, 0.25) is 0 Å². The highest BCUT2D eigenvalue weighted by molar-refractivity contribution is 5.84. The number of aliphatic carboxylic acids is 1. The SMILES string of the molecule is CC(C)(C(=O)O)c1cnccc1-c1ccccc1. The minimum absolute atomic E-state index is 0.726. The molecule has 0 bridgehead atoms. The lowest BCUT2D eigenvalue weighted by Crippen LogP contribution is -2.29. The molecule has 0 radical (unpaired) electrons. The smallest absolute Gasteiger partial charge is 0.313 e. The summed E-state index contributed by atoms with van der Waals surface area (Å²) in [4.78, 5) is 15.4. The number of benzene rings is 1. The van der Waals surface area contributed by atoms with Gasteiger partial charge in [0.1, 0.15) is 0 Å². The largest absolute Gasteiger partial charge is 0.481 e. The van der Waals surface area contributed by atoms with Crippen LogP contribution in [0, 0.1) is 0 Å². The molecule has 92 valence electrons. The zero-order chi connectivity index (χ0) is 13.2. The zero-order valence-electron chi connectivity index (χ0n) is 10.4. The van der Waals surface area contributed by atoms with Gasteiger partial charge in [-0.05, 0) is 36.6 Å². The first-order chi connectivity index (χ1) is 8.53. The summed E-state index contributed by atoms with van der Waals surface area (Å²) in [6.07, 6.45) is 3.32. The second kappa shape index (κ2) is 4.61. The second-order valence-corrected chi connectivity index (χ2v) is 4.72. The second-order valence-electron chi connectivity index (χ2n) is 4.72. The summed E-state index contributed by atoms with van der Waals surface area (Å²) in [5.74, 6) is -0.854. The van der Waals surface area contributed by atoms with E-state index in [0.29, 0.717) is 0 Å². The fourth-order valence-electron chi connectivity index (χ4n) is 1.88. The molecule has 1 heterocycles. The number of pyridine rings is 1. The van der Waals surface area contributed by atoms with Crippen LogP contribution in [0.25, 0.3) is 11.1 Å². The minimum Gasteiger partial charge on any atom is -0.481 e. The third kappa shape index (κ3) is 2.12. The fourth-order valence-corrected chi connectivity index (χ4v) is 1.88. The first kappa shape index (κ1) is 12.3. The van der Waals surface area contributed by atoms with Crippen molar-refractivity contribution < 1.29 is 9.90 Å². The molecular weight excluding hydrogens is 226 g/mol. The lowest BCUT2D eigenvalue weighted by molar-refractivity contribution is -0.142. The Morgan fingerprint density at radius 1 is 1.17 bits per heavy atom. The van der Waals surface area contributed by atoms with E-state index in [1.54, 1.807) is 26.2 Å². The third-order valence-corrected chi connectivity index (χ3v) is 3.11. The quantitative estimate of drug-likeness (QED) is 0.898. The summed E-state index contributed by atoms with van der Waals surface area (Å²) in [6, 6.07) is 11.6. The molecule has 0 fully saturated rings. The van der Waals surface area contributed by atoms with Crippen LogP contribution >= 0.6 is 0 Å². The Morgan fingerprint density at radius 2 is 1.83 bits per heavy atom. The van der Waals surface area contributed by atoms with Gasteiger partial charge < -0.3 is 5.11 Å². The van der Waals surface area contributed by atoms with Gasteiger partial charge in [0.15, 0.2) is 0 Å². The molecule has 3 nitrogen and oxygen atoms in total. The number of carboxylic acid groups (broad SMARTS) is 1. The standard InChI is InChI=1S/C15H15NO2/c1-15(2,14(17)18)13-10-16-9-8-12(13)11-6-4-3-5-7-11/h3-10H,1-2H3,(H,17,18). The van der Waals surface area contributed by atoms with Gasteiger partial charge in [-0.3, -0.25) is 9.78 Å². The van der Waals surface area contributed by atoms with Gasteiger partial charge in [-0.2, -0.15) is 0 Å². The van der Waals surface area contributed by atoms with E-state index in [-0.39, 0.29) is 0 Å². The van der Waals surface area contributed by atoms with Crippen LogP contribution in [0.1, 0.15) is 19.4 Å². The zero-order valence-corrected chi connectivity index (χ0v) is 10.4. The van der Waals surface area contributed by atoms with Crippen molar-refractivity contribution in [3.05, 3.63) is 54.4 Å². The molecule has 0 saturated heterocycles. The van der Waals surface area contributed by atoms with Crippen LogP contribution in [0.5, 0.6) is 0 Å². The normalized spacial score (nSPS) is 11.2. The van der Waals surface area contributed by atoms with Crippen LogP contribution in [0.3, 0.4) is 0 Å². The summed E-state index contributed by atoms with van der Waals surface area (Å²) in [6.45, 7) is 3.39. The maximum absolute atomic E-state index is 11.4. The number of hydrogen-bond acceptors (Lipinski definition) is 2. The lowest BCUT2D eigenvalue weighted by Gasteiger charge is -2.22. The maximum atomic E-state index is 11.4. The topological polar surface area (TPSA) is 50.2 Å². The van der Waals surface area contributed by atoms with Gasteiger partial charge in [-0.25, -0.2) is 0 Å². The third-order valence-electron chi connectivity index (χ3n) is 3.11. The molecule has 2 rings (SSSR count).